The molecule has 1 amide bonds. The molecule has 53 heavy (non-hydrogen) atoms. The van der Waals surface area contributed by atoms with E-state index in [9.17, 15) is 14.7 Å². The third-order valence-corrected chi connectivity index (χ3v) is 13.3. The van der Waals surface area contributed by atoms with Gasteiger partial charge in [0.1, 0.15) is 11.6 Å². The van der Waals surface area contributed by atoms with Gasteiger partial charge in [-0.3, -0.25) is 19.6 Å². The molecule has 4 bridgehead atoms. The van der Waals surface area contributed by atoms with Gasteiger partial charge in [-0.15, -0.1) is 11.6 Å². The lowest BCUT2D eigenvalue weighted by Gasteiger charge is -2.67. The van der Waals surface area contributed by atoms with E-state index >= 15 is 4.39 Å². The summed E-state index contributed by atoms with van der Waals surface area (Å²) in [5.41, 5.74) is 3.41. The Labute approximate surface area is 314 Å². The number of carboxylic acids is 1. The third kappa shape index (κ3) is 5.79. The molecule has 4 N–H and O–H groups in total. The minimum absolute atomic E-state index is 0.0255. The molecule has 0 radical (unpaired) electrons. The molecule has 0 spiro atoms. The second-order valence-electron chi connectivity index (χ2n) is 16.2. The minimum Gasteiger partial charge on any atom is -0.476 e. The van der Waals surface area contributed by atoms with E-state index in [2.05, 4.69) is 22.2 Å². The Hall–Kier alpha value is -4.43. The predicted molar refractivity (Wildman–Crippen MR) is 201 cm³/mol. The summed E-state index contributed by atoms with van der Waals surface area (Å²) in [5, 5.41) is 18.5. The fourth-order valence-electron chi connectivity index (χ4n) is 10.7. The van der Waals surface area contributed by atoms with Gasteiger partial charge in [-0.05, 0) is 110 Å². The van der Waals surface area contributed by atoms with E-state index in [0.29, 0.717) is 58.3 Å². The van der Waals surface area contributed by atoms with Gasteiger partial charge in [-0.2, -0.15) is 5.10 Å². The lowest BCUT2D eigenvalue weighted by Crippen LogP contribution is -2.66. The maximum atomic E-state index is 15.1. The molecule has 5 aliphatic rings. The van der Waals surface area contributed by atoms with Gasteiger partial charge in [0.05, 0.1) is 22.0 Å². The van der Waals surface area contributed by atoms with Gasteiger partial charge < -0.3 is 10.0 Å². The first-order valence-corrected chi connectivity index (χ1v) is 19.0. The smallest absolute Gasteiger partial charge is 0.355 e. The van der Waals surface area contributed by atoms with Crippen LogP contribution in [0, 0.1) is 23.6 Å². The van der Waals surface area contributed by atoms with Crippen LogP contribution < -0.4 is 16.1 Å². The van der Waals surface area contributed by atoms with E-state index in [1.807, 2.05) is 40.8 Å². The maximum Gasteiger partial charge on any atom is 0.355 e. The van der Waals surface area contributed by atoms with Gasteiger partial charge in [-0.1, -0.05) is 30.4 Å². The topological polar surface area (TPSA) is 148 Å². The van der Waals surface area contributed by atoms with Crippen molar-refractivity contribution in [3.05, 3.63) is 88.6 Å². The summed E-state index contributed by atoms with van der Waals surface area (Å²) in [6, 6.07) is 14.0. The van der Waals surface area contributed by atoms with Crippen molar-refractivity contribution in [2.24, 2.45) is 16.7 Å². The van der Waals surface area contributed by atoms with E-state index in [-0.39, 0.29) is 33.8 Å². The molecule has 4 aliphatic carbocycles. The number of nitrogens with zero attached hydrogens (tertiary/aromatic N) is 5. The number of carbonyl (C=O) groups excluding carboxylic acids is 1. The Balaban J connectivity index is 0.987. The van der Waals surface area contributed by atoms with Gasteiger partial charge in [0.15, 0.2) is 10.8 Å². The number of benzene rings is 2. The SMILES string of the molecule is Cc1c(-c2ccc(N3CCc4c(F)ccc(C(=O)Nc5nc6ccccc6s5)c4C3)nc2C(=O)O)cnn1CC12CC3(C)CC(Cl)(C1)CC(ON)(C3)C2. The number of alkyl halides is 1. The summed E-state index contributed by atoms with van der Waals surface area (Å²) in [4.78, 5) is 42.7. The van der Waals surface area contributed by atoms with Gasteiger partial charge >= 0.3 is 5.97 Å². The molecule has 4 saturated carbocycles. The van der Waals surface area contributed by atoms with Crippen LogP contribution in [0.2, 0.25) is 0 Å². The van der Waals surface area contributed by atoms with Crippen LogP contribution in [-0.2, 0) is 24.3 Å². The molecule has 5 aromatic rings. The van der Waals surface area contributed by atoms with Crippen molar-refractivity contribution in [1.29, 1.82) is 0 Å². The van der Waals surface area contributed by atoms with Crippen LogP contribution >= 0.6 is 22.9 Å². The van der Waals surface area contributed by atoms with Crippen molar-refractivity contribution in [1.82, 2.24) is 19.7 Å². The molecule has 4 heterocycles. The number of aromatic nitrogens is 4. The fourth-order valence-corrected chi connectivity index (χ4v) is 12.5. The number of hydrogen-bond acceptors (Lipinski definition) is 9. The number of para-hydroxylation sites is 1. The summed E-state index contributed by atoms with van der Waals surface area (Å²) in [6.45, 7) is 5.43. The number of carbonyl (C=O) groups is 2. The zero-order valence-electron chi connectivity index (χ0n) is 29.4. The number of rotatable bonds is 8. The Kier molecular flexibility index (Phi) is 7.80. The lowest BCUT2D eigenvalue weighted by molar-refractivity contribution is -0.217. The van der Waals surface area contributed by atoms with Gasteiger partial charge in [0.2, 0.25) is 0 Å². The zero-order valence-corrected chi connectivity index (χ0v) is 31.0. The van der Waals surface area contributed by atoms with Crippen LogP contribution in [0.4, 0.5) is 15.3 Å². The molecule has 11 nitrogen and oxygen atoms in total. The largest absolute Gasteiger partial charge is 0.476 e. The number of fused-ring (bicyclic) bond motifs is 2. The number of anilines is 2. The van der Waals surface area contributed by atoms with Crippen molar-refractivity contribution in [3.8, 4) is 11.1 Å². The molecule has 4 fully saturated rings. The summed E-state index contributed by atoms with van der Waals surface area (Å²) >= 11 is 8.61. The summed E-state index contributed by atoms with van der Waals surface area (Å²) < 4.78 is 18.0. The molecule has 274 valence electrons. The minimum atomic E-state index is -1.17. The Bertz CT molecular complexity index is 2290. The van der Waals surface area contributed by atoms with Crippen LogP contribution in [0.15, 0.2) is 54.7 Å². The molecule has 1 aliphatic heterocycles. The van der Waals surface area contributed by atoms with Crippen molar-refractivity contribution in [2.45, 2.75) is 82.4 Å². The summed E-state index contributed by atoms with van der Waals surface area (Å²) in [7, 11) is 0. The highest BCUT2D eigenvalue weighted by Crippen LogP contribution is 2.70. The molecular weight excluding hydrogens is 717 g/mol. The molecular formula is C39H39ClFN7O4S. The van der Waals surface area contributed by atoms with Crippen LogP contribution in [0.25, 0.3) is 21.3 Å². The van der Waals surface area contributed by atoms with E-state index in [4.69, 9.17) is 27.4 Å². The Morgan fingerprint density at radius 3 is 2.64 bits per heavy atom. The quantitative estimate of drug-likeness (QED) is 0.108. The number of aromatic carboxylic acids is 1. The lowest BCUT2D eigenvalue weighted by atomic mass is 9.43. The van der Waals surface area contributed by atoms with Crippen LogP contribution in [0.1, 0.15) is 83.1 Å². The number of amides is 1. The van der Waals surface area contributed by atoms with Crippen LogP contribution in [0.3, 0.4) is 0 Å². The average Bonchev–Trinajstić information content (AvgIpc) is 3.68. The highest BCUT2D eigenvalue weighted by molar-refractivity contribution is 7.22. The highest BCUT2D eigenvalue weighted by Gasteiger charge is 2.67. The van der Waals surface area contributed by atoms with Crippen LogP contribution in [0.5, 0.6) is 0 Å². The van der Waals surface area contributed by atoms with E-state index in [1.165, 1.54) is 23.5 Å². The van der Waals surface area contributed by atoms with E-state index < -0.39 is 17.5 Å². The molecule has 14 heteroatoms. The van der Waals surface area contributed by atoms with Gasteiger partial charge in [-0.25, -0.2) is 25.0 Å². The maximum absolute atomic E-state index is 15.1. The predicted octanol–water partition coefficient (Wildman–Crippen LogP) is 7.50. The molecule has 10 rings (SSSR count). The standard InChI is InChI=1S/C39H39ClFN7O4S/c1-22-26(13-43-48(22)21-37-15-36(2)16-38(40,18-37)20-39(17-36,19-37)52-42)24-8-10-31(45-32(24)34(50)51)47-12-11-23-27(14-47)25(7-9-28(23)41)33(49)46-35-44-29-5-3-4-6-30(29)53-35/h3-10,13H,11-12,14-21,42H2,1-2H3,(H,50,51)(H,44,46,49). The van der Waals surface area contributed by atoms with E-state index in [1.54, 1.807) is 18.3 Å². The molecule has 4 unspecified atom stereocenters. The van der Waals surface area contributed by atoms with Crippen molar-refractivity contribution in [3.63, 3.8) is 0 Å². The number of carboxylic acid groups (broad SMARTS) is 1. The number of halogens is 2. The first kappa shape index (κ1) is 34.3. The van der Waals surface area contributed by atoms with E-state index in [0.717, 1.165) is 54.4 Å². The Morgan fingerprint density at radius 1 is 1.04 bits per heavy atom. The second kappa shape index (κ2) is 12.0. The summed E-state index contributed by atoms with van der Waals surface area (Å²) in [5.74, 6) is 4.40. The van der Waals surface area contributed by atoms with Crippen molar-refractivity contribution >= 4 is 56.0 Å². The summed E-state index contributed by atoms with van der Waals surface area (Å²) in [6.07, 6.45) is 7.26. The zero-order chi connectivity index (χ0) is 36.9. The number of nitrogens with one attached hydrogen (secondary N) is 1. The van der Waals surface area contributed by atoms with Crippen molar-refractivity contribution < 1.29 is 23.9 Å². The Morgan fingerprint density at radius 2 is 1.87 bits per heavy atom. The number of thiazole rings is 1. The number of pyridine rings is 1. The fraction of sp³-hybridized carbons (Fsp3) is 0.410. The monoisotopic (exact) mass is 755 g/mol. The number of nitrogens with two attached hydrogens (primary N) is 1. The normalized spacial score (nSPS) is 27.3. The molecule has 4 atom stereocenters. The molecule has 3 aromatic heterocycles. The molecule has 2 aromatic carbocycles. The first-order chi connectivity index (χ1) is 25.3. The van der Waals surface area contributed by atoms with Gasteiger partial charge in [0, 0.05) is 46.9 Å². The average molecular weight is 756 g/mol. The highest BCUT2D eigenvalue weighted by atomic mass is 35.5. The molecule has 0 saturated heterocycles. The second-order valence-corrected chi connectivity index (χ2v) is 18.0. The first-order valence-electron chi connectivity index (χ1n) is 17.8. The third-order valence-electron chi connectivity index (χ3n) is 12.0. The van der Waals surface area contributed by atoms with Gasteiger partial charge in [0.25, 0.3) is 5.91 Å². The van der Waals surface area contributed by atoms with Crippen molar-refractivity contribution in [2.75, 3.05) is 16.8 Å². The van der Waals surface area contributed by atoms with Crippen LogP contribution in [-0.4, -0.2) is 53.8 Å². The number of hydrogen-bond donors (Lipinski definition) is 3.